The lowest BCUT2D eigenvalue weighted by Crippen LogP contribution is -2.16. The van der Waals surface area contributed by atoms with Crippen molar-refractivity contribution in [3.05, 3.63) is 59.4 Å². The zero-order chi connectivity index (χ0) is 19.1. The van der Waals surface area contributed by atoms with E-state index in [9.17, 15) is 4.39 Å². The van der Waals surface area contributed by atoms with Crippen LogP contribution in [0, 0.1) is 5.82 Å². The van der Waals surface area contributed by atoms with Gasteiger partial charge in [-0.3, -0.25) is 4.98 Å². The number of rotatable bonds is 4. The van der Waals surface area contributed by atoms with Crippen molar-refractivity contribution >= 4 is 32.3 Å². The SMILES string of the molecule is COc1cc(F)c2ncc3sccc3c2c1-c1ccc(C(C)N(C)C)cc1. The average Bonchev–Trinajstić information content (AvgIpc) is 3.16. The van der Waals surface area contributed by atoms with E-state index in [1.165, 1.54) is 11.6 Å². The van der Waals surface area contributed by atoms with Crippen molar-refractivity contribution in [3.63, 3.8) is 0 Å². The summed E-state index contributed by atoms with van der Waals surface area (Å²) in [6, 6.07) is 12.2. The number of thiophene rings is 1. The topological polar surface area (TPSA) is 25.4 Å². The van der Waals surface area contributed by atoms with Crippen LogP contribution >= 0.6 is 11.3 Å². The van der Waals surface area contributed by atoms with E-state index in [1.54, 1.807) is 24.6 Å². The summed E-state index contributed by atoms with van der Waals surface area (Å²) < 4.78 is 21.3. The highest BCUT2D eigenvalue weighted by Gasteiger charge is 2.19. The summed E-state index contributed by atoms with van der Waals surface area (Å²) in [5.41, 5.74) is 3.48. The minimum absolute atomic E-state index is 0.316. The lowest BCUT2D eigenvalue weighted by atomic mass is 9.95. The van der Waals surface area contributed by atoms with Crippen LogP contribution in [-0.4, -0.2) is 31.1 Å². The maximum Gasteiger partial charge on any atom is 0.153 e. The van der Waals surface area contributed by atoms with Gasteiger partial charge in [0.1, 0.15) is 11.3 Å². The Morgan fingerprint density at radius 3 is 2.56 bits per heavy atom. The molecule has 0 aliphatic rings. The molecule has 0 fully saturated rings. The Kier molecular flexibility index (Phi) is 4.58. The minimum Gasteiger partial charge on any atom is -0.496 e. The molecule has 0 N–H and O–H groups in total. The van der Waals surface area contributed by atoms with Crippen LogP contribution in [0.3, 0.4) is 0 Å². The lowest BCUT2D eigenvalue weighted by molar-refractivity contribution is 0.321. The monoisotopic (exact) mass is 380 g/mol. The zero-order valence-corrected chi connectivity index (χ0v) is 16.6. The highest BCUT2D eigenvalue weighted by Crippen LogP contribution is 2.42. The van der Waals surface area contributed by atoms with E-state index in [-0.39, 0.29) is 5.82 Å². The van der Waals surface area contributed by atoms with Gasteiger partial charge >= 0.3 is 0 Å². The van der Waals surface area contributed by atoms with Crippen molar-refractivity contribution in [2.75, 3.05) is 21.2 Å². The minimum atomic E-state index is -0.364. The highest BCUT2D eigenvalue weighted by molar-refractivity contribution is 7.17. The molecule has 2 aromatic heterocycles. The Bertz CT molecular complexity index is 1120. The van der Waals surface area contributed by atoms with Gasteiger partial charge in [-0.2, -0.15) is 0 Å². The van der Waals surface area contributed by atoms with E-state index < -0.39 is 0 Å². The molecular formula is C22H21FN2OS. The lowest BCUT2D eigenvalue weighted by Gasteiger charge is -2.20. The number of benzene rings is 2. The van der Waals surface area contributed by atoms with Crippen molar-refractivity contribution in [1.82, 2.24) is 9.88 Å². The van der Waals surface area contributed by atoms with Crippen LogP contribution in [0.1, 0.15) is 18.5 Å². The average molecular weight is 380 g/mol. The predicted octanol–water partition coefficient (Wildman–Crippen LogP) is 5.89. The third-order valence-electron chi connectivity index (χ3n) is 5.17. The zero-order valence-electron chi connectivity index (χ0n) is 15.8. The van der Waals surface area contributed by atoms with E-state index in [0.29, 0.717) is 17.3 Å². The van der Waals surface area contributed by atoms with E-state index in [4.69, 9.17) is 4.74 Å². The standard InChI is InChI=1S/C22H21FN2OS/c1-13(25(2)3)14-5-7-15(8-6-14)20-18(26-4)11-17(23)22-21(20)16-9-10-27-19(16)12-24-22/h5-13H,1-4H3. The Labute approximate surface area is 162 Å². The maximum atomic E-state index is 14.7. The third kappa shape index (κ3) is 2.97. The summed E-state index contributed by atoms with van der Waals surface area (Å²) in [6.45, 7) is 2.17. The van der Waals surface area contributed by atoms with E-state index >= 15 is 0 Å². The molecule has 4 rings (SSSR count). The summed E-state index contributed by atoms with van der Waals surface area (Å²) in [4.78, 5) is 6.55. The van der Waals surface area contributed by atoms with Gasteiger partial charge in [0.15, 0.2) is 5.82 Å². The summed E-state index contributed by atoms with van der Waals surface area (Å²) in [5, 5.41) is 3.82. The Balaban J connectivity index is 2.00. The second-order valence-electron chi connectivity index (χ2n) is 6.88. The number of nitrogens with zero attached hydrogens (tertiary/aromatic N) is 2. The van der Waals surface area contributed by atoms with Gasteiger partial charge in [-0.1, -0.05) is 24.3 Å². The van der Waals surface area contributed by atoms with Gasteiger partial charge in [-0.15, -0.1) is 11.3 Å². The number of aromatic nitrogens is 1. The number of pyridine rings is 1. The first-order valence-corrected chi connectivity index (χ1v) is 9.68. The summed E-state index contributed by atoms with van der Waals surface area (Å²) in [6.07, 6.45) is 1.74. The van der Waals surface area contributed by atoms with Crippen molar-refractivity contribution in [2.45, 2.75) is 13.0 Å². The third-order valence-corrected chi connectivity index (χ3v) is 6.02. The van der Waals surface area contributed by atoms with E-state index in [0.717, 1.165) is 26.6 Å². The number of ether oxygens (including phenoxy) is 1. The largest absolute Gasteiger partial charge is 0.496 e. The molecule has 2 aromatic carbocycles. The number of fused-ring (bicyclic) bond motifs is 3. The molecule has 5 heteroatoms. The normalized spacial score (nSPS) is 12.8. The van der Waals surface area contributed by atoms with Gasteiger partial charge < -0.3 is 9.64 Å². The molecule has 0 amide bonds. The Morgan fingerprint density at radius 2 is 1.89 bits per heavy atom. The van der Waals surface area contributed by atoms with Crippen molar-refractivity contribution in [3.8, 4) is 16.9 Å². The molecule has 1 unspecified atom stereocenters. The first-order chi connectivity index (χ1) is 13.0. The Morgan fingerprint density at radius 1 is 1.15 bits per heavy atom. The van der Waals surface area contributed by atoms with Crippen LogP contribution in [-0.2, 0) is 0 Å². The van der Waals surface area contributed by atoms with Gasteiger partial charge in [-0.05, 0) is 43.6 Å². The van der Waals surface area contributed by atoms with Crippen LogP contribution in [0.15, 0.2) is 48.0 Å². The maximum absolute atomic E-state index is 14.7. The first kappa shape index (κ1) is 17.9. The molecule has 0 radical (unpaired) electrons. The second-order valence-corrected chi connectivity index (χ2v) is 7.83. The molecule has 27 heavy (non-hydrogen) atoms. The van der Waals surface area contributed by atoms with E-state index in [2.05, 4.69) is 55.2 Å². The van der Waals surface area contributed by atoms with Crippen molar-refractivity contribution in [2.24, 2.45) is 0 Å². The van der Waals surface area contributed by atoms with Crippen molar-refractivity contribution in [1.29, 1.82) is 0 Å². The quantitative estimate of drug-likeness (QED) is 0.442. The summed E-state index contributed by atoms with van der Waals surface area (Å²) in [5.74, 6) is 0.158. The molecule has 138 valence electrons. The fraction of sp³-hybridized carbons (Fsp3) is 0.227. The van der Waals surface area contributed by atoms with Gasteiger partial charge in [0, 0.05) is 34.6 Å². The molecule has 2 heterocycles. The van der Waals surface area contributed by atoms with Gasteiger partial charge in [0.2, 0.25) is 0 Å². The molecule has 0 saturated carbocycles. The summed E-state index contributed by atoms with van der Waals surface area (Å²) in [7, 11) is 5.70. The van der Waals surface area contributed by atoms with Gasteiger partial charge in [-0.25, -0.2) is 4.39 Å². The molecule has 0 aliphatic heterocycles. The second kappa shape index (κ2) is 6.91. The number of methoxy groups -OCH3 is 1. The van der Waals surface area contributed by atoms with Crippen LogP contribution < -0.4 is 4.74 Å². The van der Waals surface area contributed by atoms with Crippen LogP contribution in [0.4, 0.5) is 4.39 Å². The van der Waals surface area contributed by atoms with Crippen molar-refractivity contribution < 1.29 is 9.13 Å². The number of halogens is 1. The molecule has 3 nitrogen and oxygen atoms in total. The van der Waals surface area contributed by atoms with Crippen LogP contribution in [0.2, 0.25) is 0 Å². The molecule has 0 saturated heterocycles. The predicted molar refractivity (Wildman–Crippen MR) is 111 cm³/mol. The Hall–Kier alpha value is -2.50. The highest BCUT2D eigenvalue weighted by atomic mass is 32.1. The molecule has 0 spiro atoms. The fourth-order valence-electron chi connectivity index (χ4n) is 3.43. The molecule has 1 atom stereocenters. The number of hydrogen-bond acceptors (Lipinski definition) is 4. The number of hydrogen-bond donors (Lipinski definition) is 0. The van der Waals surface area contributed by atoms with Gasteiger partial charge in [0.25, 0.3) is 0 Å². The molecule has 0 bridgehead atoms. The summed E-state index contributed by atoms with van der Waals surface area (Å²) >= 11 is 1.60. The molecule has 4 aromatic rings. The first-order valence-electron chi connectivity index (χ1n) is 8.80. The fourth-order valence-corrected chi connectivity index (χ4v) is 4.19. The van der Waals surface area contributed by atoms with E-state index in [1.807, 2.05) is 11.4 Å². The van der Waals surface area contributed by atoms with Crippen LogP contribution in [0.5, 0.6) is 5.75 Å². The molecule has 0 aliphatic carbocycles. The van der Waals surface area contributed by atoms with Gasteiger partial charge in [0.05, 0.1) is 11.8 Å². The van der Waals surface area contributed by atoms with Crippen LogP contribution in [0.25, 0.3) is 32.1 Å². The molecular weight excluding hydrogens is 359 g/mol. The smallest absolute Gasteiger partial charge is 0.153 e.